The average Bonchev–Trinajstić information content (AvgIpc) is 1.17. The van der Waals surface area contributed by atoms with Crippen LogP contribution in [0, 0.1) is 0 Å². The van der Waals surface area contributed by atoms with Gasteiger partial charge >= 0.3 is 39.5 Å². The fraction of sp³-hybridized carbons (Fsp3) is 0.896. The van der Waals surface area contributed by atoms with E-state index in [9.17, 15) is 43.2 Å². The highest BCUT2D eigenvalue weighted by Crippen LogP contribution is 2.45. The maximum atomic E-state index is 13.1. The first kappa shape index (κ1) is 93.5. The Balaban J connectivity index is 5.30. The molecule has 0 aromatic rings. The van der Waals surface area contributed by atoms with Crippen LogP contribution in [0.3, 0.4) is 0 Å². The van der Waals surface area contributed by atoms with Crippen LogP contribution in [0.4, 0.5) is 0 Å². The molecule has 0 aromatic heterocycles. The molecule has 0 spiro atoms. The summed E-state index contributed by atoms with van der Waals surface area (Å²) in [6.07, 6.45) is 64.4. The van der Waals surface area contributed by atoms with Crippen LogP contribution in [-0.2, 0) is 65.4 Å². The van der Waals surface area contributed by atoms with Gasteiger partial charge in [0.2, 0.25) is 0 Å². The third kappa shape index (κ3) is 70.0. The molecule has 0 aliphatic rings. The Labute approximate surface area is 586 Å². The number of carbonyl (C=O) groups is 4. The van der Waals surface area contributed by atoms with Crippen molar-refractivity contribution in [1.82, 2.24) is 0 Å². The van der Waals surface area contributed by atoms with Crippen molar-refractivity contribution in [3.63, 3.8) is 0 Å². The smallest absolute Gasteiger partial charge is 0.462 e. The molecule has 0 aliphatic heterocycles. The Bertz CT molecular complexity index is 1920. The zero-order valence-corrected chi connectivity index (χ0v) is 63.6. The lowest BCUT2D eigenvalue weighted by molar-refractivity contribution is -0.161. The van der Waals surface area contributed by atoms with Gasteiger partial charge in [-0.2, -0.15) is 0 Å². The van der Waals surface area contributed by atoms with Crippen molar-refractivity contribution in [3.05, 3.63) is 24.3 Å². The summed E-state index contributed by atoms with van der Waals surface area (Å²) in [6.45, 7) is 4.94. The van der Waals surface area contributed by atoms with Crippen molar-refractivity contribution in [2.45, 2.75) is 406 Å². The summed E-state index contributed by atoms with van der Waals surface area (Å²) in [7, 11) is -9.92. The fourth-order valence-corrected chi connectivity index (χ4v) is 12.9. The van der Waals surface area contributed by atoms with E-state index in [2.05, 4.69) is 52.0 Å². The summed E-state index contributed by atoms with van der Waals surface area (Å²) >= 11 is 0. The third-order valence-corrected chi connectivity index (χ3v) is 19.3. The van der Waals surface area contributed by atoms with Gasteiger partial charge in [-0.05, 0) is 77.0 Å². The first-order valence-electron chi connectivity index (χ1n) is 39.6. The van der Waals surface area contributed by atoms with E-state index in [1.54, 1.807) is 0 Å². The van der Waals surface area contributed by atoms with Gasteiger partial charge in [0.1, 0.15) is 19.3 Å². The van der Waals surface area contributed by atoms with Crippen LogP contribution in [-0.4, -0.2) is 96.7 Å². The van der Waals surface area contributed by atoms with Crippen molar-refractivity contribution in [2.75, 3.05) is 39.6 Å². The minimum Gasteiger partial charge on any atom is -0.462 e. The number of hydrogen-bond acceptors (Lipinski definition) is 15. The molecule has 0 bridgehead atoms. The van der Waals surface area contributed by atoms with Gasteiger partial charge in [0.05, 0.1) is 26.4 Å². The van der Waals surface area contributed by atoms with Crippen LogP contribution in [0.1, 0.15) is 387 Å². The predicted octanol–water partition coefficient (Wildman–Crippen LogP) is 22.6. The number of esters is 4. The van der Waals surface area contributed by atoms with Gasteiger partial charge < -0.3 is 33.8 Å². The minimum absolute atomic E-state index is 0.0938. The molecule has 5 atom stereocenters. The summed E-state index contributed by atoms with van der Waals surface area (Å²) in [6, 6.07) is 0. The summed E-state index contributed by atoms with van der Waals surface area (Å²) in [5.74, 6) is -2.14. The highest BCUT2D eigenvalue weighted by Gasteiger charge is 2.30. The second-order valence-corrected chi connectivity index (χ2v) is 29.9. The molecular formula is C77H146O17P2. The predicted molar refractivity (Wildman–Crippen MR) is 391 cm³/mol. The number of hydrogen-bond donors (Lipinski definition) is 3. The Morgan fingerprint density at radius 2 is 0.479 bits per heavy atom. The normalized spacial score (nSPS) is 14.0. The lowest BCUT2D eigenvalue weighted by atomic mass is 10.0. The van der Waals surface area contributed by atoms with Crippen LogP contribution in [0.15, 0.2) is 24.3 Å². The molecule has 0 saturated carbocycles. The van der Waals surface area contributed by atoms with Crippen molar-refractivity contribution in [3.8, 4) is 0 Å². The maximum Gasteiger partial charge on any atom is 0.472 e. The van der Waals surface area contributed by atoms with Crippen LogP contribution in [0.5, 0.6) is 0 Å². The first-order chi connectivity index (χ1) is 46.7. The van der Waals surface area contributed by atoms with Gasteiger partial charge in [-0.1, -0.05) is 309 Å². The van der Waals surface area contributed by atoms with Crippen LogP contribution in [0.2, 0.25) is 0 Å². The number of rotatable bonds is 76. The monoisotopic (exact) mass is 1410 g/mol. The fourth-order valence-electron chi connectivity index (χ4n) is 11.3. The highest BCUT2D eigenvalue weighted by molar-refractivity contribution is 7.47. The van der Waals surface area contributed by atoms with Crippen LogP contribution >= 0.6 is 15.6 Å². The molecule has 0 aromatic carbocycles. The van der Waals surface area contributed by atoms with Crippen molar-refractivity contribution >= 4 is 39.5 Å². The van der Waals surface area contributed by atoms with Crippen molar-refractivity contribution in [1.29, 1.82) is 0 Å². The molecule has 0 fully saturated rings. The second kappa shape index (κ2) is 71.0. The van der Waals surface area contributed by atoms with Gasteiger partial charge in [0.15, 0.2) is 12.2 Å². The Kier molecular flexibility index (Phi) is 69.1. The highest BCUT2D eigenvalue weighted by atomic mass is 31.2. The lowest BCUT2D eigenvalue weighted by Gasteiger charge is -2.21. The third-order valence-electron chi connectivity index (χ3n) is 17.4. The van der Waals surface area contributed by atoms with Crippen molar-refractivity contribution in [2.24, 2.45) is 0 Å². The molecule has 0 amide bonds. The molecule has 0 radical (unpaired) electrons. The number of ether oxygens (including phenoxy) is 4. The quantitative estimate of drug-likeness (QED) is 0.0169. The Morgan fingerprint density at radius 1 is 0.281 bits per heavy atom. The van der Waals surface area contributed by atoms with E-state index in [1.807, 2.05) is 0 Å². The van der Waals surface area contributed by atoms with Gasteiger partial charge in [0.25, 0.3) is 0 Å². The molecule has 5 unspecified atom stereocenters. The second-order valence-electron chi connectivity index (χ2n) is 27.0. The Morgan fingerprint density at radius 3 is 0.719 bits per heavy atom. The standard InChI is InChI=1S/C77H146O17P2/c1-5-9-13-17-21-25-29-33-35-39-42-46-50-54-58-62-75(80)88-68-72(93-76(81)63-59-55-51-47-43-38-32-28-24-20-16-12-8-4)69-91-95(83,84)89-65-71(78)66-90-96(85,86)92-70-73(67-87-74(79)61-57-53-49-45-41-37-31-27-23-19-15-11-7-3)94-77(82)64-60-56-52-48-44-40-36-34-30-26-22-18-14-10-6-2/h33-36,71-73,78H,5-32,37-70H2,1-4H3,(H,83,84)(H,85,86)/b35-33-,36-34-. The summed E-state index contributed by atoms with van der Waals surface area (Å²) in [5, 5.41) is 10.6. The van der Waals surface area contributed by atoms with Crippen molar-refractivity contribution < 1.29 is 80.2 Å². The molecule has 17 nitrogen and oxygen atoms in total. The van der Waals surface area contributed by atoms with E-state index in [-0.39, 0.29) is 25.7 Å². The number of phosphoric acid groups is 2. The molecule has 0 aliphatic carbocycles. The number of allylic oxidation sites excluding steroid dienone is 4. The average molecular weight is 1410 g/mol. The molecule has 3 N–H and O–H groups in total. The molecule has 0 saturated heterocycles. The van der Waals surface area contributed by atoms with E-state index in [0.29, 0.717) is 25.7 Å². The maximum absolute atomic E-state index is 13.1. The van der Waals surface area contributed by atoms with E-state index < -0.39 is 97.5 Å². The molecule has 566 valence electrons. The zero-order chi connectivity index (χ0) is 70.4. The van der Waals surface area contributed by atoms with E-state index >= 15 is 0 Å². The number of carbonyl (C=O) groups excluding carboxylic acids is 4. The topological polar surface area (TPSA) is 237 Å². The lowest BCUT2D eigenvalue weighted by Crippen LogP contribution is -2.30. The van der Waals surface area contributed by atoms with Gasteiger partial charge in [-0.3, -0.25) is 37.3 Å². The molecule has 0 heterocycles. The number of aliphatic hydroxyl groups is 1. The summed E-state index contributed by atoms with van der Waals surface area (Å²) < 4.78 is 68.5. The van der Waals surface area contributed by atoms with Crippen LogP contribution < -0.4 is 0 Å². The molecule has 0 rings (SSSR count). The van der Waals surface area contributed by atoms with Crippen LogP contribution in [0.25, 0.3) is 0 Å². The number of unbranched alkanes of at least 4 members (excludes halogenated alkanes) is 46. The van der Waals surface area contributed by atoms with Gasteiger partial charge in [-0.15, -0.1) is 0 Å². The van der Waals surface area contributed by atoms with E-state index in [1.165, 1.54) is 186 Å². The zero-order valence-electron chi connectivity index (χ0n) is 61.8. The molecule has 96 heavy (non-hydrogen) atoms. The summed E-state index contributed by atoms with van der Waals surface area (Å²) in [4.78, 5) is 72.9. The minimum atomic E-state index is -4.96. The molecular weight excluding hydrogens is 1260 g/mol. The SMILES string of the molecule is CCCCCCCC/C=C\CCCCCCCC(=O)OCC(COP(=O)(O)OCC(O)COP(=O)(O)OCC(COC(=O)CCCCCCCCCCCCCCC)OC(=O)CCCCCCC/C=C\CCCCCCCC)OC(=O)CCCCCCCCCCCCCCC. The largest absolute Gasteiger partial charge is 0.472 e. The number of aliphatic hydroxyl groups excluding tert-OH is 1. The number of phosphoric ester groups is 2. The first-order valence-corrected chi connectivity index (χ1v) is 42.6. The summed E-state index contributed by atoms with van der Waals surface area (Å²) in [5.41, 5.74) is 0. The van der Waals surface area contributed by atoms with Gasteiger partial charge in [-0.25, -0.2) is 9.13 Å². The Hall–Kier alpha value is -2.46. The van der Waals surface area contributed by atoms with E-state index in [4.69, 9.17) is 37.0 Å². The van der Waals surface area contributed by atoms with E-state index in [0.717, 1.165) is 122 Å². The molecule has 19 heteroatoms. The van der Waals surface area contributed by atoms with Gasteiger partial charge in [0, 0.05) is 25.7 Å².